The van der Waals surface area contributed by atoms with Crippen molar-refractivity contribution in [3.05, 3.63) is 35.9 Å². The second-order valence-electron chi connectivity index (χ2n) is 9.29. The molecule has 35 heavy (non-hydrogen) atoms. The van der Waals surface area contributed by atoms with Crippen molar-refractivity contribution in [2.45, 2.75) is 62.3 Å². The molecule has 3 unspecified atom stereocenters. The Morgan fingerprint density at radius 3 is 2.06 bits per heavy atom. The number of nitriles is 1. The van der Waals surface area contributed by atoms with E-state index in [0.29, 0.717) is 0 Å². The summed E-state index contributed by atoms with van der Waals surface area (Å²) in [5.41, 5.74) is 0.923. The Morgan fingerprint density at radius 2 is 1.60 bits per heavy atom. The normalized spacial score (nSPS) is 21.5. The van der Waals surface area contributed by atoms with Crippen LogP contribution in [0.15, 0.2) is 30.3 Å². The van der Waals surface area contributed by atoms with E-state index in [2.05, 4.69) is 10.7 Å². The van der Waals surface area contributed by atoms with Crippen molar-refractivity contribution in [2.24, 2.45) is 0 Å². The van der Waals surface area contributed by atoms with Crippen LogP contribution in [0.25, 0.3) is 0 Å². The molecule has 0 saturated carbocycles. The van der Waals surface area contributed by atoms with E-state index >= 15 is 0 Å². The molecule has 198 valence electrons. The van der Waals surface area contributed by atoms with Crippen molar-refractivity contribution in [2.75, 3.05) is 30.6 Å². The molecule has 0 aliphatic carbocycles. The van der Waals surface area contributed by atoms with Crippen molar-refractivity contribution in [1.82, 2.24) is 4.67 Å². The molecular weight excluding hydrogens is 547 g/mol. The molecule has 0 aromatic heterocycles. The first-order valence-electron chi connectivity index (χ1n) is 11.2. The third-order valence-electron chi connectivity index (χ3n) is 5.12. The number of benzene rings is 1. The molecule has 1 saturated heterocycles. The van der Waals surface area contributed by atoms with Gasteiger partial charge in [0.1, 0.15) is 19.7 Å². The van der Waals surface area contributed by atoms with Crippen LogP contribution in [0, 0.1) is 11.3 Å². The lowest BCUT2D eigenvalue weighted by molar-refractivity contribution is 0.116. The predicted molar refractivity (Wildman–Crippen MR) is 147 cm³/mol. The van der Waals surface area contributed by atoms with Crippen molar-refractivity contribution in [1.29, 1.82) is 5.26 Å². The summed E-state index contributed by atoms with van der Waals surface area (Å²) in [5.74, 6) is -0.688. The molecule has 1 aliphatic heterocycles. The van der Waals surface area contributed by atoms with Crippen LogP contribution in [0.5, 0.6) is 0 Å². The molecule has 0 bridgehead atoms. The Bertz CT molecular complexity index is 1030. The van der Waals surface area contributed by atoms with Crippen molar-refractivity contribution < 1.29 is 25.9 Å². The van der Waals surface area contributed by atoms with Gasteiger partial charge in [0, 0.05) is 24.6 Å². The van der Waals surface area contributed by atoms with Gasteiger partial charge in [-0.1, -0.05) is 51.9 Å². The zero-order valence-electron chi connectivity index (χ0n) is 20.9. The van der Waals surface area contributed by atoms with Gasteiger partial charge in [-0.3, -0.25) is 0 Å². The number of nitrogens with zero attached hydrogens (tertiary/aromatic N) is 2. The first-order chi connectivity index (χ1) is 16.2. The van der Waals surface area contributed by atoms with Gasteiger partial charge in [-0.15, -0.1) is 0 Å². The highest BCUT2D eigenvalue weighted by molar-refractivity contribution is 8.77. The maximum atomic E-state index is 12.6. The van der Waals surface area contributed by atoms with E-state index in [9.17, 15) is 16.8 Å². The van der Waals surface area contributed by atoms with Crippen LogP contribution in [0.1, 0.15) is 44.9 Å². The fourth-order valence-corrected chi connectivity index (χ4v) is 14.2. The summed E-state index contributed by atoms with van der Waals surface area (Å²) >= 11 is 0. The molecule has 13 heteroatoms. The molecule has 8 nitrogen and oxygen atoms in total. The summed E-state index contributed by atoms with van der Waals surface area (Å²) < 4.78 is 63.9. The van der Waals surface area contributed by atoms with Crippen LogP contribution in [-0.2, 0) is 28.7 Å². The van der Waals surface area contributed by atoms with Crippen LogP contribution >= 0.6 is 30.1 Å². The zero-order chi connectivity index (χ0) is 26.4. The summed E-state index contributed by atoms with van der Waals surface area (Å²) in [6, 6.07) is 11.7. The summed E-state index contributed by atoms with van der Waals surface area (Å²) in [5, 5.41) is 8.72. The third-order valence-corrected chi connectivity index (χ3v) is 13.3. The highest BCUT2D eigenvalue weighted by atomic mass is 33.1. The van der Waals surface area contributed by atoms with Crippen LogP contribution in [0.3, 0.4) is 0 Å². The topological polar surface area (TPSA) is 114 Å². The summed E-state index contributed by atoms with van der Waals surface area (Å²) in [7, 11) is -6.12. The van der Waals surface area contributed by atoms with E-state index in [-0.39, 0.29) is 41.9 Å². The molecule has 1 aromatic carbocycles. The molecule has 1 heterocycles. The van der Waals surface area contributed by atoms with Crippen molar-refractivity contribution in [3.8, 4) is 6.07 Å². The maximum Gasteiger partial charge on any atom is 0.259 e. The van der Waals surface area contributed by atoms with Gasteiger partial charge >= 0.3 is 0 Å². The quantitative estimate of drug-likeness (QED) is 0.186. The molecule has 1 fully saturated rings. The second-order valence-corrected chi connectivity index (χ2v) is 17.7. The average Bonchev–Trinajstić information content (AvgIpc) is 3.02. The number of sulfone groups is 2. The van der Waals surface area contributed by atoms with Gasteiger partial charge in [-0.25, -0.2) is 21.5 Å². The minimum atomic E-state index is -3.56. The van der Waals surface area contributed by atoms with E-state index in [1.807, 2.05) is 58.0 Å². The lowest BCUT2D eigenvalue weighted by atomic mass is 9.97. The van der Waals surface area contributed by atoms with Crippen molar-refractivity contribution in [3.63, 3.8) is 0 Å². The van der Waals surface area contributed by atoms with E-state index in [0.717, 1.165) is 18.1 Å². The smallest absolute Gasteiger partial charge is 0.259 e. The Kier molecular flexibility index (Phi) is 11.4. The molecule has 0 spiro atoms. The molecule has 0 amide bonds. The number of hydrogen-bond acceptors (Lipinski definition) is 10. The largest absolute Gasteiger partial charge is 0.321 e. The van der Waals surface area contributed by atoms with Gasteiger partial charge in [0.15, 0.2) is 0 Å². The minimum absolute atomic E-state index is 0.0410. The second kappa shape index (κ2) is 12.9. The first kappa shape index (κ1) is 30.8. The predicted octanol–water partition coefficient (Wildman–Crippen LogP) is 4.61. The van der Waals surface area contributed by atoms with Crippen LogP contribution in [-0.4, -0.2) is 75.1 Å². The molecule has 1 aliphatic rings. The summed E-state index contributed by atoms with van der Waals surface area (Å²) in [6.45, 7) is 8.21. The van der Waals surface area contributed by atoms with Gasteiger partial charge < -0.3 is 9.05 Å². The van der Waals surface area contributed by atoms with E-state index < -0.39 is 39.1 Å². The van der Waals surface area contributed by atoms with Crippen molar-refractivity contribution >= 4 is 49.8 Å². The Morgan fingerprint density at radius 1 is 1.06 bits per heavy atom. The monoisotopic (exact) mass is 582 g/mol. The molecule has 2 rings (SSSR count). The average molecular weight is 583 g/mol. The van der Waals surface area contributed by atoms with Crippen LogP contribution in [0.4, 0.5) is 0 Å². The highest BCUT2D eigenvalue weighted by Gasteiger charge is 2.56. The molecule has 1 aromatic rings. The maximum absolute atomic E-state index is 12.6. The Balaban J connectivity index is 2.63. The lowest BCUT2D eigenvalue weighted by Gasteiger charge is -2.41. The fourth-order valence-electron chi connectivity index (χ4n) is 4.08. The lowest BCUT2D eigenvalue weighted by Crippen LogP contribution is -2.50. The number of rotatable bonds is 13. The minimum Gasteiger partial charge on any atom is -0.321 e. The van der Waals surface area contributed by atoms with Crippen LogP contribution in [0.2, 0.25) is 0 Å². The first-order valence-corrected chi connectivity index (χ1v) is 18.7. The molecule has 3 atom stereocenters. The molecule has 0 N–H and O–H groups in total. The number of hydrogen-bond donors (Lipinski definition) is 0. The van der Waals surface area contributed by atoms with E-state index in [1.54, 1.807) is 0 Å². The standard InChI is InChI=1S/C22H35N2O6PS4/c1-17(2)24(18(3)4)31(29-14-10-13-23)30-21-20(19-11-8-7-9-12-19)32-33-22(21,15-34(5,25)26)16-35(6,27)28/h7-9,11-12,17-18,20-21H,10,14-16H2,1-6H3. The third kappa shape index (κ3) is 9.15. The highest BCUT2D eigenvalue weighted by Crippen LogP contribution is 2.64. The molecule has 0 radical (unpaired) electrons. The van der Waals surface area contributed by atoms with Gasteiger partial charge in [-0.2, -0.15) is 5.26 Å². The Labute approximate surface area is 219 Å². The zero-order valence-corrected chi connectivity index (χ0v) is 25.1. The SMILES string of the molecule is CC(C)N(C(C)C)P(OCCC#N)OC1C(c2ccccc2)SSC1(CS(C)(=O)=O)CS(C)(=O)=O. The van der Waals surface area contributed by atoms with Gasteiger partial charge in [0.05, 0.1) is 46.7 Å². The van der Waals surface area contributed by atoms with E-state index in [4.69, 9.17) is 14.3 Å². The van der Waals surface area contributed by atoms with Gasteiger partial charge in [0.2, 0.25) is 0 Å². The van der Waals surface area contributed by atoms with Gasteiger partial charge in [-0.05, 0) is 33.3 Å². The Hall–Kier alpha value is -0.380. The van der Waals surface area contributed by atoms with E-state index in [1.165, 1.54) is 21.6 Å². The molecular formula is C22H35N2O6PS4. The fraction of sp³-hybridized carbons (Fsp3) is 0.682. The van der Waals surface area contributed by atoms with Gasteiger partial charge in [0.25, 0.3) is 8.53 Å². The summed E-state index contributed by atoms with van der Waals surface area (Å²) in [4.78, 5) is 0. The summed E-state index contributed by atoms with van der Waals surface area (Å²) in [6.07, 6.45) is 1.66. The van der Waals surface area contributed by atoms with Crippen LogP contribution < -0.4 is 0 Å².